The third-order valence-electron chi connectivity index (χ3n) is 2.82. The lowest BCUT2D eigenvalue weighted by atomic mass is 10.2. The number of nitro benzene ring substituents is 1. The molecule has 0 aliphatic rings. The molecule has 0 saturated heterocycles. The van der Waals surface area contributed by atoms with Crippen LogP contribution in [0.2, 0.25) is 0 Å². The van der Waals surface area contributed by atoms with E-state index in [-0.39, 0.29) is 5.69 Å². The second-order valence-electron chi connectivity index (χ2n) is 4.63. The van der Waals surface area contributed by atoms with E-state index < -0.39 is 11.0 Å². The molecular weight excluding hydrogens is 316 g/mol. The average molecular weight is 330 g/mol. The average Bonchev–Trinajstić information content (AvgIpc) is 2.50. The van der Waals surface area contributed by atoms with Gasteiger partial charge in [0.1, 0.15) is 0 Å². The van der Waals surface area contributed by atoms with E-state index in [0.717, 1.165) is 10.5 Å². The Kier molecular flexibility index (Phi) is 5.32. The van der Waals surface area contributed by atoms with Gasteiger partial charge in [-0.25, -0.2) is 10.2 Å². The molecule has 0 aromatic heterocycles. The van der Waals surface area contributed by atoms with Crippen LogP contribution in [-0.4, -0.2) is 17.2 Å². The monoisotopic (exact) mass is 330 g/mol. The van der Waals surface area contributed by atoms with Crippen LogP contribution in [0.25, 0.3) is 0 Å². The number of carbonyl (C=O) groups is 1. The molecule has 2 amide bonds. The number of nitrogens with two attached hydrogens (primary N) is 1. The maximum atomic E-state index is 11.3. The molecular formula is C15H14N4O3S. The molecule has 118 valence electrons. The van der Waals surface area contributed by atoms with E-state index in [2.05, 4.69) is 5.10 Å². The van der Waals surface area contributed by atoms with Gasteiger partial charge in [0.15, 0.2) is 0 Å². The number of aryl methyl sites for hydroxylation is 1. The van der Waals surface area contributed by atoms with Gasteiger partial charge in [-0.3, -0.25) is 10.1 Å². The van der Waals surface area contributed by atoms with Crippen LogP contribution in [0.4, 0.5) is 10.5 Å². The van der Waals surface area contributed by atoms with Crippen molar-refractivity contribution in [3.8, 4) is 0 Å². The number of amides is 2. The van der Waals surface area contributed by atoms with E-state index >= 15 is 0 Å². The topological polar surface area (TPSA) is 111 Å². The van der Waals surface area contributed by atoms with Crippen LogP contribution >= 0.6 is 11.8 Å². The van der Waals surface area contributed by atoms with Gasteiger partial charge in [-0.2, -0.15) is 5.10 Å². The predicted octanol–water partition coefficient (Wildman–Crippen LogP) is 3.06. The Morgan fingerprint density at radius 2 is 2.00 bits per heavy atom. The summed E-state index contributed by atoms with van der Waals surface area (Å²) in [5.41, 5.74) is 8.49. The molecule has 3 N–H and O–H groups in total. The minimum absolute atomic E-state index is 0.0291. The third-order valence-corrected chi connectivity index (χ3v) is 3.89. The van der Waals surface area contributed by atoms with Crippen LogP contribution in [0.15, 0.2) is 57.4 Å². The Bertz CT molecular complexity index is 760. The number of rotatable bonds is 5. The summed E-state index contributed by atoms with van der Waals surface area (Å²) < 4.78 is 0. The van der Waals surface area contributed by atoms with Crippen molar-refractivity contribution in [2.45, 2.75) is 16.7 Å². The normalized spacial score (nSPS) is 10.7. The summed E-state index contributed by atoms with van der Waals surface area (Å²) in [6, 6.07) is 11.6. The van der Waals surface area contributed by atoms with Crippen LogP contribution < -0.4 is 11.2 Å². The van der Waals surface area contributed by atoms with E-state index in [4.69, 9.17) is 5.73 Å². The number of carbonyl (C=O) groups excluding carboxylic acids is 1. The molecule has 0 radical (unpaired) electrons. The lowest BCUT2D eigenvalue weighted by molar-refractivity contribution is -0.387. The summed E-state index contributed by atoms with van der Waals surface area (Å²) in [4.78, 5) is 22.8. The summed E-state index contributed by atoms with van der Waals surface area (Å²) >= 11 is 1.31. The van der Waals surface area contributed by atoms with Crippen molar-refractivity contribution in [2.24, 2.45) is 10.8 Å². The SMILES string of the molecule is Cc1ccc(Sc2ccc(C=NNC(N)=O)cc2[N+](=O)[O-])cc1. The molecule has 0 aliphatic heterocycles. The fraction of sp³-hybridized carbons (Fsp3) is 0.0667. The third kappa shape index (κ3) is 4.82. The maximum absolute atomic E-state index is 11.3. The molecule has 2 aromatic carbocycles. The first-order valence-corrected chi connectivity index (χ1v) is 7.39. The molecule has 0 heterocycles. The lowest BCUT2D eigenvalue weighted by Crippen LogP contribution is -2.24. The smallest absolute Gasteiger partial charge is 0.332 e. The fourth-order valence-corrected chi connectivity index (χ4v) is 2.65. The zero-order valence-corrected chi connectivity index (χ0v) is 13.0. The van der Waals surface area contributed by atoms with Gasteiger partial charge in [0.25, 0.3) is 5.69 Å². The van der Waals surface area contributed by atoms with Crippen LogP contribution in [0, 0.1) is 17.0 Å². The summed E-state index contributed by atoms with van der Waals surface area (Å²) in [5.74, 6) is 0. The zero-order chi connectivity index (χ0) is 16.8. The molecule has 8 heteroatoms. The standard InChI is InChI=1S/C15H14N4O3S/c1-10-2-5-12(6-3-10)23-14-7-4-11(8-13(14)19(21)22)9-17-18-15(16)20/h2-9H,1H3,(H3,16,18,20). The van der Waals surface area contributed by atoms with E-state index in [1.165, 1.54) is 24.0 Å². The number of nitro groups is 1. The fourth-order valence-electron chi connectivity index (χ4n) is 1.75. The lowest BCUT2D eigenvalue weighted by Gasteiger charge is -2.04. The van der Waals surface area contributed by atoms with Gasteiger partial charge >= 0.3 is 6.03 Å². The van der Waals surface area contributed by atoms with E-state index in [1.807, 2.05) is 36.6 Å². The number of hydrogen-bond acceptors (Lipinski definition) is 5. The van der Waals surface area contributed by atoms with Crippen LogP contribution in [0.5, 0.6) is 0 Å². The van der Waals surface area contributed by atoms with Crippen molar-refractivity contribution in [1.82, 2.24) is 5.43 Å². The molecule has 0 fully saturated rings. The summed E-state index contributed by atoms with van der Waals surface area (Å²) in [6.07, 6.45) is 1.29. The summed E-state index contributed by atoms with van der Waals surface area (Å²) in [5, 5.41) is 14.8. The van der Waals surface area contributed by atoms with Gasteiger partial charge in [0.2, 0.25) is 0 Å². The Morgan fingerprint density at radius 3 is 2.61 bits per heavy atom. The summed E-state index contributed by atoms with van der Waals surface area (Å²) in [6.45, 7) is 1.98. The number of nitrogens with zero attached hydrogens (tertiary/aromatic N) is 2. The van der Waals surface area contributed by atoms with Gasteiger partial charge < -0.3 is 5.73 Å². The minimum atomic E-state index is -0.803. The molecule has 2 aromatic rings. The number of benzene rings is 2. The molecule has 0 spiro atoms. The van der Waals surface area contributed by atoms with Crippen LogP contribution in [-0.2, 0) is 0 Å². The molecule has 0 saturated carbocycles. The molecule has 0 aliphatic carbocycles. The Morgan fingerprint density at radius 1 is 1.30 bits per heavy atom. The number of nitrogens with one attached hydrogen (secondary N) is 1. The van der Waals surface area contributed by atoms with Crippen molar-refractivity contribution < 1.29 is 9.72 Å². The van der Waals surface area contributed by atoms with Gasteiger partial charge in [0, 0.05) is 16.5 Å². The van der Waals surface area contributed by atoms with Crippen molar-refractivity contribution in [2.75, 3.05) is 0 Å². The van der Waals surface area contributed by atoms with Crippen molar-refractivity contribution >= 4 is 29.7 Å². The Balaban J connectivity index is 2.25. The quantitative estimate of drug-likeness (QED) is 0.498. The van der Waals surface area contributed by atoms with Gasteiger partial charge in [-0.1, -0.05) is 35.5 Å². The number of hydrazone groups is 1. The Hall–Kier alpha value is -2.87. The van der Waals surface area contributed by atoms with Gasteiger partial charge in [0.05, 0.1) is 16.0 Å². The number of urea groups is 1. The highest BCUT2D eigenvalue weighted by Gasteiger charge is 2.15. The van der Waals surface area contributed by atoms with E-state index in [0.29, 0.717) is 10.5 Å². The minimum Gasteiger partial charge on any atom is -0.350 e. The van der Waals surface area contributed by atoms with Crippen molar-refractivity contribution in [3.63, 3.8) is 0 Å². The second-order valence-corrected chi connectivity index (χ2v) is 5.75. The van der Waals surface area contributed by atoms with Gasteiger partial charge in [-0.15, -0.1) is 0 Å². The second kappa shape index (κ2) is 7.41. The van der Waals surface area contributed by atoms with Crippen molar-refractivity contribution in [3.05, 3.63) is 63.7 Å². The van der Waals surface area contributed by atoms with Gasteiger partial charge in [-0.05, 0) is 25.1 Å². The van der Waals surface area contributed by atoms with Crippen LogP contribution in [0.1, 0.15) is 11.1 Å². The highest BCUT2D eigenvalue weighted by Crippen LogP contribution is 2.35. The first-order valence-electron chi connectivity index (χ1n) is 6.57. The highest BCUT2D eigenvalue weighted by atomic mass is 32.2. The largest absolute Gasteiger partial charge is 0.350 e. The molecule has 0 atom stereocenters. The van der Waals surface area contributed by atoms with E-state index in [9.17, 15) is 14.9 Å². The Labute approximate surface area is 136 Å². The zero-order valence-electron chi connectivity index (χ0n) is 12.2. The predicted molar refractivity (Wildman–Crippen MR) is 88.7 cm³/mol. The number of hydrogen-bond donors (Lipinski definition) is 2. The molecule has 2 rings (SSSR count). The first-order chi connectivity index (χ1) is 11.0. The highest BCUT2D eigenvalue weighted by molar-refractivity contribution is 7.99. The molecule has 7 nitrogen and oxygen atoms in total. The van der Waals surface area contributed by atoms with Crippen molar-refractivity contribution in [1.29, 1.82) is 0 Å². The molecule has 23 heavy (non-hydrogen) atoms. The summed E-state index contributed by atoms with van der Waals surface area (Å²) in [7, 11) is 0. The molecule has 0 bridgehead atoms. The van der Waals surface area contributed by atoms with Crippen LogP contribution in [0.3, 0.4) is 0 Å². The van der Waals surface area contributed by atoms with E-state index in [1.54, 1.807) is 12.1 Å². The first kappa shape index (κ1) is 16.5. The number of primary amides is 1. The maximum Gasteiger partial charge on any atom is 0.332 e. The molecule has 0 unspecified atom stereocenters.